The summed E-state index contributed by atoms with van der Waals surface area (Å²) in [5.41, 5.74) is 5.36. The van der Waals surface area contributed by atoms with Gasteiger partial charge in [-0.05, 0) is 116 Å². The average Bonchev–Trinajstić information content (AvgIpc) is 3.34. The second-order valence-electron chi connectivity index (χ2n) is 17.0. The fraction of sp³-hybridized carbons (Fsp3) is 0.593. The van der Waals surface area contributed by atoms with Crippen LogP contribution >= 0.6 is 7.82 Å². The highest BCUT2D eigenvalue weighted by molar-refractivity contribution is 7.47. The Kier molecular flexibility index (Phi) is 50.5. The van der Waals surface area contributed by atoms with Crippen molar-refractivity contribution in [3.63, 3.8) is 0 Å². The molecule has 0 aromatic rings. The summed E-state index contributed by atoms with van der Waals surface area (Å²) in [5.74, 6) is -0.900. The van der Waals surface area contributed by atoms with E-state index in [2.05, 4.69) is 148 Å². The van der Waals surface area contributed by atoms with Crippen LogP contribution in [0, 0.1) is 0 Å². The summed E-state index contributed by atoms with van der Waals surface area (Å²) in [6.45, 7) is 3.53. The number of hydrogen-bond donors (Lipinski definition) is 2. The van der Waals surface area contributed by atoms with Crippen LogP contribution in [0.2, 0.25) is 0 Å². The molecule has 0 aliphatic carbocycles. The van der Waals surface area contributed by atoms with Gasteiger partial charge in [-0.15, -0.1) is 0 Å². The lowest BCUT2D eigenvalue weighted by Crippen LogP contribution is -2.29. The molecule has 0 saturated heterocycles. The van der Waals surface area contributed by atoms with Gasteiger partial charge in [0.1, 0.15) is 6.61 Å². The molecule has 390 valence electrons. The van der Waals surface area contributed by atoms with E-state index in [1.165, 1.54) is 44.9 Å². The molecule has 10 heteroatoms. The van der Waals surface area contributed by atoms with E-state index in [-0.39, 0.29) is 32.6 Å². The van der Waals surface area contributed by atoms with Crippen LogP contribution in [0.15, 0.2) is 134 Å². The van der Waals surface area contributed by atoms with Crippen LogP contribution in [-0.2, 0) is 32.7 Å². The van der Waals surface area contributed by atoms with Crippen LogP contribution < -0.4 is 5.73 Å². The Morgan fingerprint density at radius 3 is 1.23 bits per heavy atom. The number of carbonyl (C=O) groups is 2. The normalized spacial score (nSPS) is 14.2. The lowest BCUT2D eigenvalue weighted by molar-refractivity contribution is -0.161. The van der Waals surface area contributed by atoms with Gasteiger partial charge in [0, 0.05) is 19.4 Å². The summed E-state index contributed by atoms with van der Waals surface area (Å²) in [4.78, 5) is 35.0. The van der Waals surface area contributed by atoms with Crippen LogP contribution in [0.4, 0.5) is 0 Å². The average molecular weight is 978 g/mol. The van der Waals surface area contributed by atoms with Gasteiger partial charge in [0.2, 0.25) is 0 Å². The first-order valence-electron chi connectivity index (χ1n) is 26.7. The first-order valence-corrected chi connectivity index (χ1v) is 28.2. The fourth-order valence-electron chi connectivity index (χ4n) is 6.60. The molecule has 3 N–H and O–H groups in total. The maximum atomic E-state index is 12.6. The number of ether oxygens (including phenoxy) is 2. The van der Waals surface area contributed by atoms with Crippen molar-refractivity contribution < 1.29 is 37.6 Å². The Labute approximate surface area is 421 Å². The molecular weight excluding hydrogens is 882 g/mol. The van der Waals surface area contributed by atoms with Crippen LogP contribution in [0.5, 0.6) is 0 Å². The van der Waals surface area contributed by atoms with Crippen molar-refractivity contribution in [2.45, 2.75) is 200 Å². The number of carbonyl (C=O) groups excluding carboxylic acids is 2. The minimum atomic E-state index is -4.41. The van der Waals surface area contributed by atoms with Crippen LogP contribution in [-0.4, -0.2) is 49.3 Å². The zero-order chi connectivity index (χ0) is 50.2. The summed E-state index contributed by atoms with van der Waals surface area (Å²) in [5, 5.41) is 0. The van der Waals surface area contributed by atoms with Gasteiger partial charge in [0.15, 0.2) is 6.10 Å². The number of unbranched alkanes of at least 4 members (excludes halogenated alkanes) is 13. The van der Waals surface area contributed by atoms with Crippen molar-refractivity contribution in [3.05, 3.63) is 134 Å². The standard InChI is InChI=1S/C59H96NO8P/c1-3-5-7-9-11-13-15-17-19-20-21-22-23-24-25-26-27-28-29-30-31-32-33-34-35-36-38-40-42-44-46-48-50-52-59(62)68-57(56-67-69(63,64)66-54-53-60)55-65-58(61)51-49-47-45-43-41-39-37-18-16-14-12-10-8-6-4-2/h5,7,11,13,17-19,21-22,24-25,27-28,30-31,33-34,36-38,42,44,57H,3-4,6,8-10,12,14-16,20,23,26,29,32,35,39-41,43,45-56,60H2,1-2H3,(H,63,64)/b7-5-,13-11-,19-17-,22-21-,25-24-,28-27-,31-30-,34-33-,37-18-,38-36-,44-42-. The fourth-order valence-corrected chi connectivity index (χ4v) is 7.36. The minimum Gasteiger partial charge on any atom is -0.462 e. The molecule has 2 atom stereocenters. The molecule has 2 unspecified atom stereocenters. The zero-order valence-corrected chi connectivity index (χ0v) is 44.1. The quantitative estimate of drug-likeness (QED) is 0.0264. The van der Waals surface area contributed by atoms with Crippen molar-refractivity contribution in [2.75, 3.05) is 26.4 Å². The summed E-state index contributed by atoms with van der Waals surface area (Å²) < 4.78 is 32.9. The third-order valence-electron chi connectivity index (χ3n) is 10.5. The summed E-state index contributed by atoms with van der Waals surface area (Å²) in [7, 11) is -4.41. The number of phosphoric acid groups is 1. The maximum Gasteiger partial charge on any atom is 0.472 e. The number of allylic oxidation sites excluding steroid dienone is 22. The van der Waals surface area contributed by atoms with Gasteiger partial charge < -0.3 is 20.1 Å². The molecule has 0 aliphatic heterocycles. The van der Waals surface area contributed by atoms with Crippen LogP contribution in [0.25, 0.3) is 0 Å². The van der Waals surface area contributed by atoms with E-state index >= 15 is 0 Å². The number of hydrogen-bond acceptors (Lipinski definition) is 8. The topological polar surface area (TPSA) is 134 Å². The van der Waals surface area contributed by atoms with E-state index in [0.717, 1.165) is 109 Å². The monoisotopic (exact) mass is 978 g/mol. The highest BCUT2D eigenvalue weighted by atomic mass is 31.2. The SMILES string of the molecule is CC/C=C\C/C=C\C/C=C\C/C=C\C/C=C\C/C=C\C/C=C\C/C=C\C/C=C\C/C=C\CCCCC(=O)OC(COC(=O)CCCCCCC/C=C\CCCCCCCC)COP(=O)(O)OCCN. The lowest BCUT2D eigenvalue weighted by Gasteiger charge is -2.19. The highest BCUT2D eigenvalue weighted by Crippen LogP contribution is 2.43. The van der Waals surface area contributed by atoms with Gasteiger partial charge in [-0.1, -0.05) is 199 Å². The molecule has 0 amide bonds. The molecule has 0 rings (SSSR count). The number of esters is 2. The summed E-state index contributed by atoms with van der Waals surface area (Å²) in [6.07, 6.45) is 75.0. The lowest BCUT2D eigenvalue weighted by atomic mass is 10.1. The number of rotatable bonds is 48. The Morgan fingerprint density at radius 2 is 0.797 bits per heavy atom. The third-order valence-corrected chi connectivity index (χ3v) is 11.5. The zero-order valence-electron chi connectivity index (χ0n) is 43.2. The van der Waals surface area contributed by atoms with Crippen LogP contribution in [0.1, 0.15) is 194 Å². The Morgan fingerprint density at radius 1 is 0.449 bits per heavy atom. The molecule has 0 radical (unpaired) electrons. The predicted molar refractivity (Wildman–Crippen MR) is 293 cm³/mol. The van der Waals surface area contributed by atoms with Crippen molar-refractivity contribution in [3.8, 4) is 0 Å². The molecule has 0 aromatic heterocycles. The highest BCUT2D eigenvalue weighted by Gasteiger charge is 2.26. The van der Waals surface area contributed by atoms with Crippen molar-refractivity contribution in [1.29, 1.82) is 0 Å². The summed E-state index contributed by atoms with van der Waals surface area (Å²) in [6, 6.07) is 0. The van der Waals surface area contributed by atoms with Crippen molar-refractivity contribution in [1.82, 2.24) is 0 Å². The Hall–Kier alpha value is -3.85. The van der Waals surface area contributed by atoms with Gasteiger partial charge in [-0.25, -0.2) is 4.57 Å². The third kappa shape index (κ3) is 53.4. The van der Waals surface area contributed by atoms with E-state index in [1.807, 2.05) is 0 Å². The second kappa shape index (κ2) is 53.5. The Bertz CT molecular complexity index is 1580. The molecule has 0 bridgehead atoms. The molecule has 0 fully saturated rings. The number of nitrogens with two attached hydrogens (primary N) is 1. The predicted octanol–water partition coefficient (Wildman–Crippen LogP) is 16.6. The summed E-state index contributed by atoms with van der Waals surface area (Å²) >= 11 is 0. The van der Waals surface area contributed by atoms with Gasteiger partial charge >= 0.3 is 19.8 Å². The molecule has 0 aromatic carbocycles. The van der Waals surface area contributed by atoms with Gasteiger partial charge in [-0.3, -0.25) is 18.6 Å². The van der Waals surface area contributed by atoms with Gasteiger partial charge in [-0.2, -0.15) is 0 Å². The first kappa shape index (κ1) is 65.1. The minimum absolute atomic E-state index is 0.0378. The van der Waals surface area contributed by atoms with E-state index in [1.54, 1.807) is 0 Å². The molecular formula is C59H96NO8P. The smallest absolute Gasteiger partial charge is 0.462 e. The first-order chi connectivity index (χ1) is 33.8. The van der Waals surface area contributed by atoms with E-state index < -0.39 is 32.5 Å². The second-order valence-corrected chi connectivity index (χ2v) is 18.5. The molecule has 9 nitrogen and oxygen atoms in total. The van der Waals surface area contributed by atoms with E-state index in [0.29, 0.717) is 12.8 Å². The maximum absolute atomic E-state index is 12.6. The van der Waals surface area contributed by atoms with Gasteiger partial charge in [0.05, 0.1) is 13.2 Å². The van der Waals surface area contributed by atoms with E-state index in [4.69, 9.17) is 24.3 Å². The number of phosphoric ester groups is 1. The largest absolute Gasteiger partial charge is 0.472 e. The van der Waals surface area contributed by atoms with Crippen molar-refractivity contribution >= 4 is 19.8 Å². The molecule has 0 heterocycles. The Balaban J connectivity index is 4.17. The molecule has 0 aliphatic rings. The van der Waals surface area contributed by atoms with Crippen LogP contribution in [0.3, 0.4) is 0 Å². The van der Waals surface area contributed by atoms with E-state index in [9.17, 15) is 19.0 Å². The van der Waals surface area contributed by atoms with Gasteiger partial charge in [0.25, 0.3) is 0 Å². The molecule has 0 saturated carbocycles. The molecule has 0 spiro atoms. The van der Waals surface area contributed by atoms with Crippen molar-refractivity contribution in [2.24, 2.45) is 5.73 Å². The molecule has 69 heavy (non-hydrogen) atoms.